The summed E-state index contributed by atoms with van der Waals surface area (Å²) in [7, 11) is -4.20. The molecule has 3 aromatic carbocycles. The van der Waals surface area contributed by atoms with Gasteiger partial charge in [0.1, 0.15) is 36.8 Å². The number of fused-ring (bicyclic) bond motifs is 3. The molecular formula is C57H61F5N9O13PS. The zero-order valence-corrected chi connectivity index (χ0v) is 47.9. The number of carbonyl (C=O) groups excluding carboxylic acids is 9. The number of likely N-dealkylation sites (tertiary alicyclic amines) is 1. The molecule has 0 spiro atoms. The molecule has 0 saturated carbocycles. The molecule has 0 radical (unpaired) electrons. The van der Waals surface area contributed by atoms with E-state index in [4.69, 9.17) is 10.5 Å². The van der Waals surface area contributed by atoms with E-state index >= 15 is 0 Å². The number of hydrogen-bond donors (Lipinski definition) is 7. The lowest BCUT2D eigenvalue weighted by molar-refractivity contribution is -0.144. The van der Waals surface area contributed by atoms with Crippen LogP contribution in [0.1, 0.15) is 106 Å². The lowest BCUT2D eigenvalue weighted by Gasteiger charge is -2.38. The topological polar surface area (TPSA) is 307 Å². The van der Waals surface area contributed by atoms with Gasteiger partial charge >= 0.3 is 25.5 Å². The van der Waals surface area contributed by atoms with Gasteiger partial charge in [-0.15, -0.1) is 11.3 Å². The van der Waals surface area contributed by atoms with Gasteiger partial charge in [-0.2, -0.15) is 22.0 Å². The highest BCUT2D eigenvalue weighted by molar-refractivity contribution is 7.52. The van der Waals surface area contributed by atoms with Crippen molar-refractivity contribution in [3.63, 3.8) is 0 Å². The second-order valence-corrected chi connectivity index (χ2v) is 24.7. The van der Waals surface area contributed by atoms with Gasteiger partial charge in [0.15, 0.2) is 0 Å². The molecule has 4 fully saturated rings. The molecule has 458 valence electrons. The summed E-state index contributed by atoms with van der Waals surface area (Å²) in [6, 6.07) is 6.25. The number of carbonyl (C=O) groups is 9. The van der Waals surface area contributed by atoms with Crippen LogP contribution in [0, 0.1) is 17.8 Å². The third kappa shape index (κ3) is 14.0. The fraction of sp³-hybridized carbons (Fsp3) is 0.456. The molecule has 22 nitrogen and oxygen atoms in total. The van der Waals surface area contributed by atoms with E-state index in [1.54, 1.807) is 30.1 Å². The van der Waals surface area contributed by atoms with Crippen molar-refractivity contribution in [3.05, 3.63) is 105 Å². The van der Waals surface area contributed by atoms with Gasteiger partial charge in [0, 0.05) is 72.9 Å². The first-order chi connectivity index (χ1) is 40.7. The number of hydrogen-bond acceptors (Lipinski definition) is 13. The zero-order chi connectivity index (χ0) is 62.0. The van der Waals surface area contributed by atoms with Crippen molar-refractivity contribution in [2.75, 3.05) is 39.8 Å². The normalized spacial score (nSPS) is 21.3. The van der Waals surface area contributed by atoms with Crippen molar-refractivity contribution >= 4 is 82.4 Å². The minimum absolute atomic E-state index is 0.0298. The Balaban J connectivity index is 0.863. The van der Waals surface area contributed by atoms with E-state index in [0.29, 0.717) is 66.5 Å². The maximum atomic E-state index is 14.6. The predicted molar refractivity (Wildman–Crippen MR) is 297 cm³/mol. The standard InChI is InChI=1S/C57H61F5N9O13PS/c1-68-21-20-37-13-14-44(71(37)54(79)41(29-68)65-51(76)46-27-34-26-36(12-16-45(34)86-46)57(61,62)85(81,82)83)50(75)66-42(30-84-55(63)80)48(73)64-40(25-32-7-4-10-35(24-32)56(58,59)60)53(78)69-22-18-31(19-23-69)6-2-3-8-33-9-5-11-38-39(33)28-70(52(38)77)43-15-17-47(72)67-49(43)74/h4-5,7,9-12,16,24,26-27,31,37,40-44H,2,6,13-15,17-23,25,28-30H2,1H3,(H2,63,80)(H,64,73)(H,65,76)(H,66,75)(H,67,72,74)(H2,81,82,83)/t37-,40+,41+,42+,43?,44+/m1/s1. The van der Waals surface area contributed by atoms with E-state index < -0.39 is 127 Å². The van der Waals surface area contributed by atoms with Crippen molar-refractivity contribution in [1.82, 2.24) is 40.9 Å². The number of ether oxygens (including phenoxy) is 1. The van der Waals surface area contributed by atoms with Crippen LogP contribution in [-0.4, -0.2) is 159 Å². The van der Waals surface area contributed by atoms with Crippen molar-refractivity contribution in [1.29, 1.82) is 0 Å². The monoisotopic (exact) mass is 1240 g/mol. The summed E-state index contributed by atoms with van der Waals surface area (Å²) < 4.78 is 87.9. The van der Waals surface area contributed by atoms with Gasteiger partial charge in [0.2, 0.25) is 35.4 Å². The van der Waals surface area contributed by atoms with Gasteiger partial charge in [-0.3, -0.25) is 48.2 Å². The van der Waals surface area contributed by atoms with Crippen LogP contribution in [0.5, 0.6) is 0 Å². The van der Waals surface area contributed by atoms with Gasteiger partial charge in [-0.25, -0.2) is 4.79 Å². The number of imide groups is 1. The number of halogens is 5. The quantitative estimate of drug-likeness (QED) is 0.0360. The van der Waals surface area contributed by atoms with E-state index in [9.17, 15) is 79.5 Å². The first kappa shape index (κ1) is 62.7. The average molecular weight is 1240 g/mol. The number of thiophene rings is 1. The summed E-state index contributed by atoms with van der Waals surface area (Å²) in [5.41, 5.74) is 0.551. The number of nitrogens with zero attached hydrogens (tertiary/aromatic N) is 4. The Hall–Kier alpha value is -7.83. The Labute approximate surface area is 492 Å². The Morgan fingerprint density at radius 3 is 2.34 bits per heavy atom. The Morgan fingerprint density at radius 1 is 0.884 bits per heavy atom. The molecule has 86 heavy (non-hydrogen) atoms. The number of rotatable bonds is 16. The minimum Gasteiger partial charge on any atom is -0.447 e. The molecule has 1 aromatic heterocycles. The summed E-state index contributed by atoms with van der Waals surface area (Å²) in [5.74, 6) is 1.06. The zero-order valence-electron chi connectivity index (χ0n) is 46.2. The van der Waals surface area contributed by atoms with Crippen LogP contribution in [0.3, 0.4) is 0 Å². The molecule has 9 rings (SSSR count). The SMILES string of the molecule is CN1CC[C@H]2CC[C@@H](C(=O)N[C@@H](COC(N)=O)C(=O)N[C@@H](Cc3cccc(C(F)(F)F)c3)C(=O)N3CCC(CCC#Cc4cccc5c4CN(C4CCC(=O)NC4=O)C5=O)CC3)N2C(=O)[C@@H](NC(=O)c2cc3cc(C(F)(F)P(=O)(O)O)ccc3s2)C1. The second kappa shape index (κ2) is 25.6. The van der Waals surface area contributed by atoms with E-state index in [2.05, 4.69) is 33.1 Å². The second-order valence-electron chi connectivity index (χ2n) is 22.0. The van der Waals surface area contributed by atoms with Crippen LogP contribution >= 0.6 is 18.9 Å². The first-order valence-electron chi connectivity index (χ1n) is 27.7. The van der Waals surface area contributed by atoms with Crippen LogP contribution in [0.4, 0.5) is 26.7 Å². The molecule has 6 heterocycles. The summed E-state index contributed by atoms with van der Waals surface area (Å²) in [5, 5.41) is 10.1. The number of alkyl halides is 5. The Kier molecular flexibility index (Phi) is 18.7. The number of benzene rings is 3. The molecule has 4 saturated heterocycles. The van der Waals surface area contributed by atoms with Crippen molar-refractivity contribution in [2.24, 2.45) is 11.7 Å². The van der Waals surface area contributed by atoms with E-state index in [0.717, 1.165) is 41.7 Å². The lowest BCUT2D eigenvalue weighted by atomic mass is 9.91. The molecule has 8 N–H and O–H groups in total. The molecular weight excluding hydrogens is 1180 g/mol. The number of nitrogens with two attached hydrogens (primary N) is 1. The first-order valence-corrected chi connectivity index (χ1v) is 30.1. The molecule has 6 atom stereocenters. The molecule has 0 bridgehead atoms. The van der Waals surface area contributed by atoms with Gasteiger partial charge in [0.25, 0.3) is 11.8 Å². The molecule has 29 heteroatoms. The number of likely N-dealkylation sites (N-methyl/N-ethyl adjacent to an activating group) is 1. The molecule has 5 aliphatic rings. The van der Waals surface area contributed by atoms with Crippen molar-refractivity contribution in [2.45, 2.75) is 119 Å². The highest BCUT2D eigenvalue weighted by Crippen LogP contribution is 2.59. The number of piperidine rings is 2. The van der Waals surface area contributed by atoms with Crippen LogP contribution in [-0.2, 0) is 62.9 Å². The maximum Gasteiger partial charge on any atom is 0.416 e. The summed E-state index contributed by atoms with van der Waals surface area (Å²) >= 11 is 0.867. The Morgan fingerprint density at radius 2 is 1.63 bits per heavy atom. The third-order valence-corrected chi connectivity index (χ3v) is 18.3. The molecule has 4 aromatic rings. The third-order valence-electron chi connectivity index (χ3n) is 16.2. The minimum atomic E-state index is -5.91. The van der Waals surface area contributed by atoms with Gasteiger partial charge in [-0.05, 0) is 117 Å². The van der Waals surface area contributed by atoms with E-state index in [1.165, 1.54) is 32.9 Å². The Bertz CT molecular complexity index is 3490. The highest BCUT2D eigenvalue weighted by Gasteiger charge is 2.51. The van der Waals surface area contributed by atoms with Crippen molar-refractivity contribution < 1.29 is 84.2 Å². The van der Waals surface area contributed by atoms with Crippen molar-refractivity contribution in [3.8, 4) is 11.8 Å². The van der Waals surface area contributed by atoms with Crippen LogP contribution in [0.25, 0.3) is 10.1 Å². The smallest absolute Gasteiger partial charge is 0.416 e. The van der Waals surface area contributed by atoms with Crippen LogP contribution in [0.2, 0.25) is 0 Å². The molecule has 9 amide bonds. The molecule has 1 unspecified atom stereocenters. The average Bonchev–Trinajstić information content (AvgIpc) is 2.47. The number of primary amides is 1. The molecule has 5 aliphatic heterocycles. The number of amides is 9. The predicted octanol–water partition coefficient (Wildman–Crippen LogP) is 4.08. The van der Waals surface area contributed by atoms with Gasteiger partial charge in [-0.1, -0.05) is 42.2 Å². The molecule has 0 aliphatic carbocycles. The fourth-order valence-corrected chi connectivity index (χ4v) is 13.1. The highest BCUT2D eigenvalue weighted by atomic mass is 32.1. The fourth-order valence-electron chi connectivity index (χ4n) is 11.6. The summed E-state index contributed by atoms with van der Waals surface area (Å²) in [4.78, 5) is 146. The van der Waals surface area contributed by atoms with Gasteiger partial charge in [0.05, 0.1) is 10.4 Å². The van der Waals surface area contributed by atoms with Crippen LogP contribution in [0.15, 0.2) is 66.7 Å². The largest absolute Gasteiger partial charge is 0.447 e. The van der Waals surface area contributed by atoms with E-state index in [1.807, 2.05) is 0 Å². The van der Waals surface area contributed by atoms with E-state index in [-0.39, 0.29) is 73.1 Å². The summed E-state index contributed by atoms with van der Waals surface area (Å²) in [6.07, 6.45) is -3.39. The lowest BCUT2D eigenvalue weighted by Crippen LogP contribution is -2.62. The number of nitrogens with one attached hydrogen (secondary N) is 4. The van der Waals surface area contributed by atoms with Crippen LogP contribution < -0.4 is 27.0 Å². The van der Waals surface area contributed by atoms with Gasteiger partial charge < -0.3 is 55.8 Å². The summed E-state index contributed by atoms with van der Waals surface area (Å²) in [6.45, 7) is 0.0223. The maximum absolute atomic E-state index is 14.6.